The monoisotopic (exact) mass is 379 g/mol. The number of carbonyl (C=O) groups is 2. The molecule has 0 saturated heterocycles. The Labute approximate surface area is 162 Å². The van der Waals surface area contributed by atoms with E-state index in [1.54, 1.807) is 32.0 Å². The Balaban J connectivity index is 1.44. The molecule has 0 radical (unpaired) electrons. The second kappa shape index (κ2) is 8.77. The van der Waals surface area contributed by atoms with Gasteiger partial charge in [0.05, 0.1) is 5.56 Å². The first-order valence-corrected chi connectivity index (χ1v) is 8.72. The molecule has 28 heavy (non-hydrogen) atoms. The van der Waals surface area contributed by atoms with E-state index >= 15 is 0 Å². The van der Waals surface area contributed by atoms with Crippen molar-refractivity contribution in [3.05, 3.63) is 77.7 Å². The normalized spacial score (nSPS) is 10.2. The van der Waals surface area contributed by atoms with Gasteiger partial charge in [-0.1, -0.05) is 18.2 Å². The standard InChI is InChI=1S/C21H21N3O4/c1-14-12-19(15(2)28-14)21(26)24-23-20(25)13-27-18-10-8-17(9-11-18)22-16-6-4-3-5-7-16/h3-12,22H,13H2,1-2H3,(H,23,25)(H,24,26). The van der Waals surface area contributed by atoms with Crippen molar-refractivity contribution in [3.63, 3.8) is 0 Å². The zero-order valence-electron chi connectivity index (χ0n) is 15.6. The van der Waals surface area contributed by atoms with Crippen molar-refractivity contribution < 1.29 is 18.7 Å². The molecule has 3 aromatic rings. The van der Waals surface area contributed by atoms with Crippen LogP contribution < -0.4 is 20.9 Å². The van der Waals surface area contributed by atoms with Crippen molar-refractivity contribution in [1.82, 2.24) is 10.9 Å². The highest BCUT2D eigenvalue weighted by molar-refractivity contribution is 5.96. The molecule has 2 amide bonds. The zero-order valence-corrected chi connectivity index (χ0v) is 15.6. The van der Waals surface area contributed by atoms with Crippen molar-refractivity contribution >= 4 is 23.2 Å². The Morgan fingerprint density at radius 2 is 1.61 bits per heavy atom. The number of nitrogens with one attached hydrogen (secondary N) is 3. The molecule has 7 heteroatoms. The van der Waals surface area contributed by atoms with Gasteiger partial charge in [-0.05, 0) is 56.3 Å². The first kappa shape index (κ1) is 19.0. The predicted molar refractivity (Wildman–Crippen MR) is 105 cm³/mol. The molecule has 3 N–H and O–H groups in total. The van der Waals surface area contributed by atoms with Crippen molar-refractivity contribution in [2.75, 3.05) is 11.9 Å². The van der Waals surface area contributed by atoms with Crippen molar-refractivity contribution in [1.29, 1.82) is 0 Å². The number of para-hydroxylation sites is 1. The molecule has 0 spiro atoms. The Bertz CT molecular complexity index is 950. The highest BCUT2D eigenvalue weighted by atomic mass is 16.5. The van der Waals surface area contributed by atoms with Gasteiger partial charge in [0.25, 0.3) is 11.8 Å². The van der Waals surface area contributed by atoms with Crippen LogP contribution in [-0.4, -0.2) is 18.4 Å². The minimum atomic E-state index is -0.474. The summed E-state index contributed by atoms with van der Waals surface area (Å²) in [5, 5.41) is 3.26. The topological polar surface area (TPSA) is 92.6 Å². The molecule has 0 aliphatic heterocycles. The fourth-order valence-electron chi connectivity index (χ4n) is 2.56. The lowest BCUT2D eigenvalue weighted by Crippen LogP contribution is -2.43. The number of rotatable bonds is 6. The molecule has 144 valence electrons. The lowest BCUT2D eigenvalue weighted by atomic mass is 10.2. The summed E-state index contributed by atoms with van der Waals surface area (Å²) in [4.78, 5) is 23.9. The number of ether oxygens (including phenoxy) is 1. The summed E-state index contributed by atoms with van der Waals surface area (Å²) < 4.78 is 10.7. The Morgan fingerprint density at radius 1 is 0.929 bits per heavy atom. The molecular formula is C21H21N3O4. The summed E-state index contributed by atoms with van der Waals surface area (Å²) in [7, 11) is 0. The molecule has 2 aromatic carbocycles. The summed E-state index contributed by atoms with van der Waals surface area (Å²) >= 11 is 0. The van der Waals surface area contributed by atoms with Gasteiger partial charge in [-0.3, -0.25) is 20.4 Å². The van der Waals surface area contributed by atoms with Gasteiger partial charge in [0.1, 0.15) is 17.3 Å². The quantitative estimate of drug-likeness (QED) is 0.570. The summed E-state index contributed by atoms with van der Waals surface area (Å²) in [6.45, 7) is 3.20. The maximum Gasteiger partial charge on any atom is 0.276 e. The number of aryl methyl sites for hydroxylation is 2. The van der Waals surface area contributed by atoms with Crippen molar-refractivity contribution in [2.24, 2.45) is 0 Å². The minimum Gasteiger partial charge on any atom is -0.484 e. The molecule has 0 aliphatic carbocycles. The fourth-order valence-corrected chi connectivity index (χ4v) is 2.56. The molecule has 0 bridgehead atoms. The van der Waals surface area contributed by atoms with E-state index in [0.717, 1.165) is 11.4 Å². The van der Waals surface area contributed by atoms with Crippen LogP contribution in [0.15, 0.2) is 65.1 Å². The van der Waals surface area contributed by atoms with E-state index in [9.17, 15) is 9.59 Å². The summed E-state index contributed by atoms with van der Waals surface area (Å²) in [6, 6.07) is 18.6. The second-order valence-electron chi connectivity index (χ2n) is 6.13. The molecule has 0 unspecified atom stereocenters. The summed E-state index contributed by atoms with van der Waals surface area (Å²) in [6.07, 6.45) is 0. The minimum absolute atomic E-state index is 0.227. The summed E-state index contributed by atoms with van der Waals surface area (Å²) in [5.41, 5.74) is 6.91. The van der Waals surface area contributed by atoms with Crippen LogP contribution in [0.25, 0.3) is 0 Å². The third-order valence-electron chi connectivity index (χ3n) is 3.89. The lowest BCUT2D eigenvalue weighted by molar-refractivity contribution is -0.123. The predicted octanol–water partition coefficient (Wildman–Crippen LogP) is 3.48. The molecule has 1 heterocycles. The number of benzene rings is 2. The smallest absolute Gasteiger partial charge is 0.276 e. The SMILES string of the molecule is Cc1cc(C(=O)NNC(=O)COc2ccc(Nc3ccccc3)cc2)c(C)o1. The van der Waals surface area contributed by atoms with Crippen LogP contribution in [0, 0.1) is 13.8 Å². The molecule has 0 atom stereocenters. The number of carbonyl (C=O) groups excluding carboxylic acids is 2. The Kier molecular flexibility index (Phi) is 5.96. The van der Waals surface area contributed by atoms with E-state index in [2.05, 4.69) is 16.2 Å². The average molecular weight is 379 g/mol. The van der Waals surface area contributed by atoms with Gasteiger partial charge >= 0.3 is 0 Å². The molecule has 1 aromatic heterocycles. The molecule has 0 saturated carbocycles. The van der Waals surface area contributed by atoms with Gasteiger partial charge in [0.2, 0.25) is 0 Å². The van der Waals surface area contributed by atoms with Crippen LogP contribution >= 0.6 is 0 Å². The molecular weight excluding hydrogens is 358 g/mol. The van der Waals surface area contributed by atoms with Gasteiger partial charge in [0.15, 0.2) is 6.61 Å². The van der Waals surface area contributed by atoms with Crippen LogP contribution in [0.3, 0.4) is 0 Å². The van der Waals surface area contributed by atoms with E-state index in [0.29, 0.717) is 22.8 Å². The third kappa shape index (κ3) is 5.14. The van der Waals surface area contributed by atoms with E-state index in [4.69, 9.17) is 9.15 Å². The van der Waals surface area contributed by atoms with E-state index < -0.39 is 11.8 Å². The van der Waals surface area contributed by atoms with Gasteiger partial charge < -0.3 is 14.5 Å². The molecule has 0 aliphatic rings. The van der Waals surface area contributed by atoms with E-state index in [1.807, 2.05) is 42.5 Å². The van der Waals surface area contributed by atoms with E-state index in [1.165, 1.54) is 0 Å². The lowest BCUT2D eigenvalue weighted by Gasteiger charge is -2.10. The number of furan rings is 1. The first-order chi connectivity index (χ1) is 13.5. The van der Waals surface area contributed by atoms with Crippen LogP contribution in [0.2, 0.25) is 0 Å². The molecule has 0 fully saturated rings. The average Bonchev–Trinajstić information content (AvgIpc) is 3.04. The summed E-state index contributed by atoms with van der Waals surface area (Å²) in [5.74, 6) is 0.741. The highest BCUT2D eigenvalue weighted by Gasteiger charge is 2.14. The fraction of sp³-hybridized carbons (Fsp3) is 0.143. The van der Waals surface area contributed by atoms with Crippen molar-refractivity contribution in [2.45, 2.75) is 13.8 Å². The largest absolute Gasteiger partial charge is 0.484 e. The van der Waals surface area contributed by atoms with Crippen LogP contribution in [0.1, 0.15) is 21.9 Å². The maximum atomic E-state index is 12.0. The van der Waals surface area contributed by atoms with Crippen LogP contribution in [-0.2, 0) is 4.79 Å². The number of hydrogen-bond donors (Lipinski definition) is 3. The third-order valence-corrected chi connectivity index (χ3v) is 3.89. The second-order valence-corrected chi connectivity index (χ2v) is 6.13. The van der Waals surface area contributed by atoms with Gasteiger partial charge in [0, 0.05) is 11.4 Å². The zero-order chi connectivity index (χ0) is 19.9. The molecule has 7 nitrogen and oxygen atoms in total. The maximum absolute atomic E-state index is 12.0. The Hall–Kier alpha value is -3.74. The first-order valence-electron chi connectivity index (χ1n) is 8.72. The van der Waals surface area contributed by atoms with Gasteiger partial charge in [-0.2, -0.15) is 0 Å². The van der Waals surface area contributed by atoms with Gasteiger partial charge in [-0.15, -0.1) is 0 Å². The van der Waals surface area contributed by atoms with Crippen molar-refractivity contribution in [3.8, 4) is 5.75 Å². The number of anilines is 2. The molecule has 3 rings (SSSR count). The van der Waals surface area contributed by atoms with E-state index in [-0.39, 0.29) is 6.61 Å². The number of hydrazine groups is 1. The highest BCUT2D eigenvalue weighted by Crippen LogP contribution is 2.19. The number of amides is 2. The Morgan fingerprint density at radius 3 is 2.25 bits per heavy atom. The van der Waals surface area contributed by atoms with Gasteiger partial charge in [-0.25, -0.2) is 0 Å². The van der Waals surface area contributed by atoms with Crippen LogP contribution in [0.4, 0.5) is 11.4 Å². The van der Waals surface area contributed by atoms with Crippen LogP contribution in [0.5, 0.6) is 5.75 Å². The number of hydrogen-bond acceptors (Lipinski definition) is 5.